The van der Waals surface area contributed by atoms with Gasteiger partial charge < -0.3 is 24.9 Å². The summed E-state index contributed by atoms with van der Waals surface area (Å²) >= 11 is 0. The first-order valence-electron chi connectivity index (χ1n) is 10.4. The lowest BCUT2D eigenvalue weighted by molar-refractivity contribution is 0.0746. The molecule has 4 rings (SSSR count). The highest BCUT2D eigenvalue weighted by Gasteiger charge is 2.19. The number of methoxy groups -OCH3 is 1. The van der Waals surface area contributed by atoms with Crippen LogP contribution in [0.4, 0.5) is 5.82 Å². The number of benzene rings is 1. The van der Waals surface area contributed by atoms with Gasteiger partial charge in [0.15, 0.2) is 11.5 Å². The minimum atomic E-state index is -0.773. The first-order valence-corrected chi connectivity index (χ1v) is 11.9. The predicted octanol–water partition coefficient (Wildman–Crippen LogP) is 0.878. The van der Waals surface area contributed by atoms with E-state index in [1.54, 1.807) is 7.11 Å². The van der Waals surface area contributed by atoms with Crippen LogP contribution in [-0.2, 0) is 22.2 Å². The van der Waals surface area contributed by atoms with Gasteiger partial charge in [-0.15, -0.1) is 0 Å². The van der Waals surface area contributed by atoms with Crippen molar-refractivity contribution < 1.29 is 14.2 Å². The molecule has 1 atom stereocenters. The average molecular weight is 461 g/mol. The maximum absolute atomic E-state index is 12.6. The highest BCUT2D eigenvalue weighted by Crippen LogP contribution is 2.36. The standard InChI is InChI=1S/C20H28N7O4P/c1-29-9-10-31-19-24-17(21)16-18(25-19)27(20(28)23-16)12-14-3-2-4-15(11-14)13-32(22)26-5-7-30-8-6-26/h2-4,11H,5-10,12-13,22H2,1H3,(H,23,28)(H2,21,24,25). The van der Waals surface area contributed by atoms with Crippen molar-refractivity contribution in [2.45, 2.75) is 12.7 Å². The molecule has 1 unspecified atom stereocenters. The van der Waals surface area contributed by atoms with E-state index < -0.39 is 8.22 Å². The van der Waals surface area contributed by atoms with Gasteiger partial charge in [0.1, 0.15) is 12.1 Å². The summed E-state index contributed by atoms with van der Waals surface area (Å²) in [4.78, 5) is 23.9. The SMILES string of the molecule is COCCOc1nc(N)c2[nH]c(=O)n(Cc3cccc(CP(N)N4CCOCC4)c3)c2n1. The van der Waals surface area contributed by atoms with Gasteiger partial charge in [0.2, 0.25) is 0 Å². The van der Waals surface area contributed by atoms with Crippen molar-refractivity contribution in [2.24, 2.45) is 5.50 Å². The summed E-state index contributed by atoms with van der Waals surface area (Å²) < 4.78 is 19.7. The van der Waals surface area contributed by atoms with Crippen molar-refractivity contribution in [1.29, 1.82) is 0 Å². The highest BCUT2D eigenvalue weighted by molar-refractivity contribution is 7.51. The topological polar surface area (TPSA) is 147 Å². The number of aromatic nitrogens is 4. The number of anilines is 1. The fourth-order valence-corrected chi connectivity index (χ4v) is 5.01. The van der Waals surface area contributed by atoms with Gasteiger partial charge in [0, 0.05) is 34.6 Å². The summed E-state index contributed by atoms with van der Waals surface area (Å²) in [6.45, 7) is 4.18. The first kappa shape index (κ1) is 22.6. The number of rotatable bonds is 9. The lowest BCUT2D eigenvalue weighted by atomic mass is 10.1. The largest absolute Gasteiger partial charge is 0.461 e. The van der Waals surface area contributed by atoms with Gasteiger partial charge >= 0.3 is 11.7 Å². The van der Waals surface area contributed by atoms with E-state index in [1.165, 1.54) is 4.57 Å². The summed E-state index contributed by atoms with van der Waals surface area (Å²) in [6, 6.07) is 8.20. The van der Waals surface area contributed by atoms with Crippen molar-refractivity contribution in [1.82, 2.24) is 24.2 Å². The molecule has 5 N–H and O–H groups in total. The monoisotopic (exact) mass is 461 g/mol. The molecule has 0 saturated carbocycles. The number of fused-ring (bicyclic) bond motifs is 1. The summed E-state index contributed by atoms with van der Waals surface area (Å²) in [6.07, 6.45) is 0.776. The number of imidazole rings is 1. The number of hydrogen-bond donors (Lipinski definition) is 3. The smallest absolute Gasteiger partial charge is 0.328 e. The number of morpholine rings is 1. The molecule has 1 fully saturated rings. The zero-order chi connectivity index (χ0) is 22.5. The Kier molecular flexibility index (Phi) is 7.33. The quantitative estimate of drug-likeness (QED) is 0.312. The van der Waals surface area contributed by atoms with Crippen LogP contribution in [0.5, 0.6) is 6.01 Å². The lowest BCUT2D eigenvalue weighted by Gasteiger charge is -2.31. The molecule has 1 saturated heterocycles. The molecule has 0 aliphatic carbocycles. The van der Waals surface area contributed by atoms with E-state index in [2.05, 4.69) is 31.8 Å². The molecule has 0 spiro atoms. The van der Waals surface area contributed by atoms with Crippen LogP contribution in [0.2, 0.25) is 0 Å². The van der Waals surface area contributed by atoms with Crippen LogP contribution in [0.1, 0.15) is 11.1 Å². The Morgan fingerprint density at radius 2 is 2.00 bits per heavy atom. The molecule has 1 aliphatic heterocycles. The fraction of sp³-hybridized carbons (Fsp3) is 0.450. The molecule has 12 heteroatoms. The zero-order valence-electron chi connectivity index (χ0n) is 18.0. The van der Waals surface area contributed by atoms with Crippen LogP contribution in [0.3, 0.4) is 0 Å². The van der Waals surface area contributed by atoms with Crippen molar-refractivity contribution in [2.75, 3.05) is 52.4 Å². The maximum Gasteiger partial charge on any atom is 0.328 e. The van der Waals surface area contributed by atoms with Crippen molar-refractivity contribution in [3.05, 3.63) is 45.9 Å². The number of nitrogens with two attached hydrogens (primary N) is 2. The van der Waals surface area contributed by atoms with Gasteiger partial charge in [0.25, 0.3) is 0 Å². The molecule has 0 radical (unpaired) electrons. The highest BCUT2D eigenvalue weighted by atomic mass is 31.1. The van der Waals surface area contributed by atoms with E-state index in [1.807, 2.05) is 12.1 Å². The summed E-state index contributed by atoms with van der Waals surface area (Å²) in [5, 5.41) is 0. The summed E-state index contributed by atoms with van der Waals surface area (Å²) in [7, 11) is 0.805. The van der Waals surface area contributed by atoms with E-state index in [0.29, 0.717) is 24.3 Å². The fourth-order valence-electron chi connectivity index (χ4n) is 3.56. The number of ether oxygens (including phenoxy) is 3. The Hall–Kier alpha value is -2.56. The average Bonchev–Trinajstić information content (AvgIpc) is 3.11. The second-order valence-corrected chi connectivity index (χ2v) is 9.19. The van der Waals surface area contributed by atoms with Gasteiger partial charge in [-0.25, -0.2) is 4.79 Å². The van der Waals surface area contributed by atoms with E-state index >= 15 is 0 Å². The molecule has 3 aromatic rings. The van der Waals surface area contributed by atoms with E-state index in [0.717, 1.165) is 43.6 Å². The van der Waals surface area contributed by atoms with E-state index in [4.69, 9.17) is 25.4 Å². The summed E-state index contributed by atoms with van der Waals surface area (Å²) in [5.74, 6) is 0.159. The number of nitrogens with zero attached hydrogens (tertiary/aromatic N) is 4. The van der Waals surface area contributed by atoms with Crippen LogP contribution >= 0.6 is 8.22 Å². The Balaban J connectivity index is 1.54. The van der Waals surface area contributed by atoms with E-state index in [9.17, 15) is 4.79 Å². The molecule has 32 heavy (non-hydrogen) atoms. The van der Waals surface area contributed by atoms with Crippen molar-refractivity contribution in [3.8, 4) is 6.01 Å². The Morgan fingerprint density at radius 1 is 1.22 bits per heavy atom. The van der Waals surface area contributed by atoms with Crippen LogP contribution in [0.25, 0.3) is 11.2 Å². The molecular formula is C20H28N7O4P. The molecule has 0 bridgehead atoms. The maximum atomic E-state index is 12.6. The minimum absolute atomic E-state index is 0.104. The summed E-state index contributed by atoms with van der Waals surface area (Å²) in [5.41, 5.74) is 15.1. The van der Waals surface area contributed by atoms with Gasteiger partial charge in [-0.05, 0) is 11.1 Å². The van der Waals surface area contributed by atoms with Crippen molar-refractivity contribution >= 4 is 25.2 Å². The Morgan fingerprint density at radius 3 is 2.78 bits per heavy atom. The number of H-pyrrole nitrogens is 1. The number of nitrogen functional groups attached to an aromatic ring is 1. The lowest BCUT2D eigenvalue weighted by Crippen LogP contribution is -2.34. The molecule has 3 heterocycles. The second-order valence-electron chi connectivity index (χ2n) is 7.43. The molecule has 11 nitrogen and oxygen atoms in total. The molecule has 0 amide bonds. The van der Waals surface area contributed by atoms with Gasteiger partial charge in [0.05, 0.1) is 26.4 Å². The third-order valence-electron chi connectivity index (χ3n) is 5.18. The third kappa shape index (κ3) is 5.25. The number of nitrogens with one attached hydrogen (secondary N) is 1. The second kappa shape index (κ2) is 10.4. The van der Waals surface area contributed by atoms with Gasteiger partial charge in [-0.1, -0.05) is 24.3 Å². The normalized spacial score (nSPS) is 15.8. The van der Waals surface area contributed by atoms with Crippen molar-refractivity contribution in [3.63, 3.8) is 0 Å². The molecule has 2 aromatic heterocycles. The number of aromatic amines is 1. The molecule has 172 valence electrons. The first-order chi connectivity index (χ1) is 15.5. The van der Waals surface area contributed by atoms with E-state index in [-0.39, 0.29) is 24.1 Å². The minimum Gasteiger partial charge on any atom is -0.461 e. The van der Waals surface area contributed by atoms with Crippen LogP contribution < -0.4 is 21.7 Å². The zero-order valence-corrected chi connectivity index (χ0v) is 18.9. The van der Waals surface area contributed by atoms with Crippen LogP contribution in [-0.4, -0.2) is 70.8 Å². The predicted molar refractivity (Wildman–Crippen MR) is 123 cm³/mol. The van der Waals surface area contributed by atoms with Gasteiger partial charge in [-0.2, -0.15) is 9.97 Å². The van der Waals surface area contributed by atoms with Crippen LogP contribution in [0, 0.1) is 0 Å². The molecular weight excluding hydrogens is 433 g/mol. The van der Waals surface area contributed by atoms with Gasteiger partial charge in [-0.3, -0.25) is 14.7 Å². The van der Waals surface area contributed by atoms with Crippen LogP contribution in [0.15, 0.2) is 29.1 Å². The Labute approximate surface area is 186 Å². The Bertz CT molecular complexity index is 1110. The third-order valence-corrected chi connectivity index (χ3v) is 6.99. The molecule has 1 aromatic carbocycles. The number of hydrogen-bond acceptors (Lipinski definition) is 9. The molecule has 1 aliphatic rings.